The molecule has 8 heteroatoms. The molecular formula is C20H23N7O. The van der Waals surface area contributed by atoms with Crippen LogP contribution in [0.4, 0.5) is 10.5 Å². The van der Waals surface area contributed by atoms with Crippen molar-refractivity contribution in [3.8, 4) is 11.4 Å². The van der Waals surface area contributed by atoms with Crippen molar-refractivity contribution in [2.24, 2.45) is 7.05 Å². The van der Waals surface area contributed by atoms with Crippen molar-refractivity contribution in [1.29, 1.82) is 0 Å². The van der Waals surface area contributed by atoms with E-state index < -0.39 is 0 Å². The van der Waals surface area contributed by atoms with Gasteiger partial charge in [-0.15, -0.1) is 10.2 Å². The van der Waals surface area contributed by atoms with Crippen molar-refractivity contribution in [3.05, 3.63) is 53.4 Å². The molecule has 4 rings (SSSR count). The molecule has 2 N–H and O–H groups in total. The molecule has 0 saturated heterocycles. The third-order valence-corrected chi connectivity index (χ3v) is 4.93. The Kier molecular flexibility index (Phi) is 5.01. The molecule has 3 aromatic rings. The summed E-state index contributed by atoms with van der Waals surface area (Å²) in [5, 5.41) is 13.6. The fourth-order valence-electron chi connectivity index (χ4n) is 3.50. The van der Waals surface area contributed by atoms with Gasteiger partial charge in [-0.2, -0.15) is 0 Å². The molecule has 0 fully saturated rings. The van der Waals surface area contributed by atoms with Gasteiger partial charge in [-0.3, -0.25) is 0 Å². The van der Waals surface area contributed by atoms with Gasteiger partial charge < -0.3 is 15.2 Å². The van der Waals surface area contributed by atoms with Crippen molar-refractivity contribution in [3.63, 3.8) is 0 Å². The second-order valence-corrected chi connectivity index (χ2v) is 6.98. The Hall–Kier alpha value is -3.29. The molecule has 0 radical (unpaired) electrons. The Morgan fingerprint density at radius 2 is 2.00 bits per heavy atom. The normalized spacial score (nSPS) is 12.6. The average Bonchev–Trinajstić information content (AvgIpc) is 3.31. The van der Waals surface area contributed by atoms with E-state index in [2.05, 4.69) is 30.8 Å². The number of hydrogen-bond donors (Lipinski definition) is 2. The van der Waals surface area contributed by atoms with Crippen LogP contribution in [-0.2, 0) is 26.3 Å². The second-order valence-electron chi connectivity index (χ2n) is 6.98. The minimum atomic E-state index is -0.246. The lowest BCUT2D eigenvalue weighted by Crippen LogP contribution is -2.30. The van der Waals surface area contributed by atoms with Gasteiger partial charge in [0.15, 0.2) is 5.82 Å². The number of nitrogens with one attached hydrogen (secondary N) is 2. The summed E-state index contributed by atoms with van der Waals surface area (Å²) in [4.78, 5) is 21.3. The van der Waals surface area contributed by atoms with E-state index >= 15 is 0 Å². The van der Waals surface area contributed by atoms with Gasteiger partial charge in [0.25, 0.3) is 0 Å². The fraction of sp³-hybridized carbons (Fsp3) is 0.350. The quantitative estimate of drug-likeness (QED) is 0.712. The number of benzene rings is 1. The maximum absolute atomic E-state index is 12.1. The standard InChI is InChI=1S/C20H23N7O/c1-13-16-4-3-5-17(16)25-18(23-13)10-11-21-20(28)24-15-8-6-14(7-9-15)19-26-22-12-27(19)2/h6-9,12H,3-5,10-11H2,1-2H3,(H2,21,24,28). The molecular weight excluding hydrogens is 354 g/mol. The number of anilines is 1. The molecule has 0 atom stereocenters. The maximum Gasteiger partial charge on any atom is 0.319 e. The highest BCUT2D eigenvalue weighted by atomic mass is 16.2. The summed E-state index contributed by atoms with van der Waals surface area (Å²) in [5.41, 5.74) is 5.21. The van der Waals surface area contributed by atoms with Crippen molar-refractivity contribution >= 4 is 11.7 Å². The van der Waals surface area contributed by atoms with Gasteiger partial charge in [0.2, 0.25) is 0 Å². The van der Waals surface area contributed by atoms with Crippen LogP contribution in [0.25, 0.3) is 11.4 Å². The molecule has 1 aliphatic carbocycles. The van der Waals surface area contributed by atoms with E-state index in [1.165, 1.54) is 11.3 Å². The fourth-order valence-corrected chi connectivity index (χ4v) is 3.50. The first-order valence-corrected chi connectivity index (χ1v) is 9.44. The lowest BCUT2D eigenvalue weighted by molar-refractivity contribution is 0.252. The number of aryl methyl sites for hydroxylation is 3. The molecule has 1 aromatic carbocycles. The Balaban J connectivity index is 1.29. The largest absolute Gasteiger partial charge is 0.337 e. The average molecular weight is 377 g/mol. The monoisotopic (exact) mass is 377 g/mol. The van der Waals surface area contributed by atoms with Crippen LogP contribution >= 0.6 is 0 Å². The summed E-state index contributed by atoms with van der Waals surface area (Å²) < 4.78 is 1.85. The molecule has 0 saturated carbocycles. The predicted octanol–water partition coefficient (Wildman–Crippen LogP) is 2.43. The minimum absolute atomic E-state index is 0.246. The molecule has 144 valence electrons. The number of rotatable bonds is 5. The van der Waals surface area contributed by atoms with Crippen LogP contribution in [0.15, 0.2) is 30.6 Å². The van der Waals surface area contributed by atoms with E-state index in [9.17, 15) is 4.79 Å². The van der Waals surface area contributed by atoms with E-state index in [0.717, 1.165) is 42.2 Å². The SMILES string of the molecule is Cc1nc(CCNC(=O)Nc2ccc(-c3nncn3C)cc2)nc2c1CCC2. The third kappa shape index (κ3) is 3.85. The predicted molar refractivity (Wildman–Crippen MR) is 106 cm³/mol. The van der Waals surface area contributed by atoms with Gasteiger partial charge >= 0.3 is 6.03 Å². The molecule has 2 amide bonds. The molecule has 0 spiro atoms. The van der Waals surface area contributed by atoms with E-state index in [0.29, 0.717) is 18.7 Å². The smallest absolute Gasteiger partial charge is 0.319 e. The number of fused-ring (bicyclic) bond motifs is 1. The highest BCUT2D eigenvalue weighted by Crippen LogP contribution is 2.22. The number of nitrogens with zero attached hydrogens (tertiary/aromatic N) is 5. The van der Waals surface area contributed by atoms with Crippen LogP contribution < -0.4 is 10.6 Å². The van der Waals surface area contributed by atoms with Crippen LogP contribution in [0.3, 0.4) is 0 Å². The number of amides is 2. The number of aromatic nitrogens is 5. The first kappa shape index (κ1) is 18.1. The maximum atomic E-state index is 12.1. The van der Waals surface area contributed by atoms with Gasteiger partial charge in [-0.1, -0.05) is 0 Å². The summed E-state index contributed by atoms with van der Waals surface area (Å²) in [5.74, 6) is 1.58. The van der Waals surface area contributed by atoms with Gasteiger partial charge in [0, 0.05) is 42.7 Å². The topological polar surface area (TPSA) is 97.6 Å². The van der Waals surface area contributed by atoms with Crippen molar-refractivity contribution < 1.29 is 4.79 Å². The number of carbonyl (C=O) groups is 1. The third-order valence-electron chi connectivity index (χ3n) is 4.93. The molecule has 28 heavy (non-hydrogen) atoms. The van der Waals surface area contributed by atoms with E-state index in [4.69, 9.17) is 0 Å². The Labute approximate surface area is 163 Å². The van der Waals surface area contributed by atoms with Crippen LogP contribution in [0, 0.1) is 6.92 Å². The van der Waals surface area contributed by atoms with Crippen molar-refractivity contribution in [2.45, 2.75) is 32.6 Å². The van der Waals surface area contributed by atoms with Gasteiger partial charge in [-0.25, -0.2) is 14.8 Å². The molecule has 1 aliphatic rings. The zero-order valence-electron chi connectivity index (χ0n) is 16.1. The number of carbonyl (C=O) groups excluding carboxylic acids is 1. The summed E-state index contributed by atoms with van der Waals surface area (Å²) in [6.07, 6.45) is 5.54. The Morgan fingerprint density at radius 1 is 1.18 bits per heavy atom. The van der Waals surface area contributed by atoms with Crippen LogP contribution in [0.5, 0.6) is 0 Å². The lowest BCUT2D eigenvalue weighted by atomic mass is 10.2. The summed E-state index contributed by atoms with van der Waals surface area (Å²) >= 11 is 0. The van der Waals surface area contributed by atoms with Crippen molar-refractivity contribution in [2.75, 3.05) is 11.9 Å². The first-order valence-electron chi connectivity index (χ1n) is 9.44. The molecule has 0 bridgehead atoms. The molecule has 0 unspecified atom stereocenters. The van der Waals surface area contributed by atoms with E-state index in [1.54, 1.807) is 6.33 Å². The number of urea groups is 1. The Morgan fingerprint density at radius 3 is 2.75 bits per heavy atom. The Bertz CT molecular complexity index is 994. The lowest BCUT2D eigenvalue weighted by Gasteiger charge is -2.09. The van der Waals surface area contributed by atoms with Crippen LogP contribution in [-0.4, -0.2) is 37.3 Å². The molecule has 0 aliphatic heterocycles. The van der Waals surface area contributed by atoms with Crippen molar-refractivity contribution in [1.82, 2.24) is 30.0 Å². The van der Waals surface area contributed by atoms with Gasteiger partial charge in [-0.05, 0) is 56.0 Å². The first-order chi connectivity index (χ1) is 13.6. The zero-order valence-corrected chi connectivity index (χ0v) is 16.1. The van der Waals surface area contributed by atoms with Crippen LogP contribution in [0.2, 0.25) is 0 Å². The van der Waals surface area contributed by atoms with Gasteiger partial charge in [0.1, 0.15) is 12.2 Å². The van der Waals surface area contributed by atoms with Crippen LogP contribution in [0.1, 0.15) is 29.2 Å². The van der Waals surface area contributed by atoms with E-state index in [1.807, 2.05) is 42.8 Å². The molecule has 2 heterocycles. The molecule has 8 nitrogen and oxygen atoms in total. The van der Waals surface area contributed by atoms with E-state index in [-0.39, 0.29) is 6.03 Å². The summed E-state index contributed by atoms with van der Waals surface area (Å²) in [6, 6.07) is 7.25. The summed E-state index contributed by atoms with van der Waals surface area (Å²) in [6.45, 7) is 2.53. The zero-order chi connectivity index (χ0) is 19.5. The number of hydrogen-bond acceptors (Lipinski definition) is 5. The van der Waals surface area contributed by atoms with Gasteiger partial charge in [0.05, 0.1) is 0 Å². The minimum Gasteiger partial charge on any atom is -0.337 e. The highest BCUT2D eigenvalue weighted by molar-refractivity contribution is 5.89. The second kappa shape index (κ2) is 7.75. The highest BCUT2D eigenvalue weighted by Gasteiger charge is 2.16. The summed E-state index contributed by atoms with van der Waals surface area (Å²) in [7, 11) is 1.89. The molecule has 2 aromatic heterocycles.